The minimum atomic E-state index is -4.70. The molecule has 5 rings (SSSR count). The zero-order valence-electron chi connectivity index (χ0n) is 22.6. The lowest BCUT2D eigenvalue weighted by Gasteiger charge is -2.21. The van der Waals surface area contributed by atoms with E-state index in [2.05, 4.69) is 30.5 Å². The number of hydrogen-bond donors (Lipinski definition) is 4. The topological polar surface area (TPSA) is 208 Å². The van der Waals surface area contributed by atoms with E-state index in [9.17, 15) is 31.0 Å². The second-order valence-electron chi connectivity index (χ2n) is 9.05. The van der Waals surface area contributed by atoms with Crippen LogP contribution in [0.3, 0.4) is 0 Å². The number of aromatic nitrogens is 3. The first kappa shape index (κ1) is 30.7. The summed E-state index contributed by atoms with van der Waals surface area (Å²) in [4.78, 5) is 13.5. The van der Waals surface area contributed by atoms with E-state index in [1.165, 1.54) is 30.3 Å². The van der Waals surface area contributed by atoms with Crippen molar-refractivity contribution in [2.24, 2.45) is 10.2 Å². The Kier molecular flexibility index (Phi) is 8.44. The molecule has 1 aromatic heterocycles. The number of phenolic OH excluding ortho intramolecular Hbond substituents is 1. The van der Waals surface area contributed by atoms with E-state index in [4.69, 9.17) is 11.6 Å². The van der Waals surface area contributed by atoms with Crippen molar-refractivity contribution in [3.05, 3.63) is 84.1 Å². The van der Waals surface area contributed by atoms with Crippen molar-refractivity contribution in [3.8, 4) is 5.75 Å². The molecular formula is C27H22ClN7O7S2. The lowest BCUT2D eigenvalue weighted by atomic mass is 10.1. The molecule has 0 radical (unpaired) electrons. The van der Waals surface area contributed by atoms with Gasteiger partial charge in [0.15, 0.2) is 5.75 Å². The minimum absolute atomic E-state index is 0.0328. The number of para-hydroxylation sites is 1. The van der Waals surface area contributed by atoms with Crippen molar-refractivity contribution in [1.29, 1.82) is 0 Å². The summed E-state index contributed by atoms with van der Waals surface area (Å²) in [5.41, 5.74) is 0.381. The monoisotopic (exact) mass is 655 g/mol. The van der Waals surface area contributed by atoms with Crippen LogP contribution < -0.4 is 10.2 Å². The van der Waals surface area contributed by atoms with Crippen molar-refractivity contribution in [1.82, 2.24) is 15.0 Å². The molecule has 0 saturated carbocycles. The van der Waals surface area contributed by atoms with Gasteiger partial charge in [0.05, 0.1) is 10.6 Å². The fourth-order valence-corrected chi connectivity index (χ4v) is 5.61. The van der Waals surface area contributed by atoms with Gasteiger partial charge in [0.2, 0.25) is 17.2 Å². The van der Waals surface area contributed by atoms with Crippen LogP contribution in [0, 0.1) is 0 Å². The van der Waals surface area contributed by atoms with Crippen LogP contribution in [0.25, 0.3) is 10.8 Å². The molecule has 0 unspecified atom stereocenters. The minimum Gasteiger partial charge on any atom is -0.505 e. The van der Waals surface area contributed by atoms with Crippen molar-refractivity contribution in [3.63, 3.8) is 0 Å². The van der Waals surface area contributed by atoms with Gasteiger partial charge in [-0.25, -0.2) is 0 Å². The first-order valence-corrected chi connectivity index (χ1v) is 15.9. The van der Waals surface area contributed by atoms with Gasteiger partial charge in [-0.15, -0.1) is 10.2 Å². The predicted octanol–water partition coefficient (Wildman–Crippen LogP) is 6.19. The normalized spacial score (nSPS) is 12.1. The van der Waals surface area contributed by atoms with Crippen LogP contribution in [0.4, 0.5) is 34.6 Å². The first-order valence-electron chi connectivity index (χ1n) is 12.6. The molecule has 0 amide bonds. The van der Waals surface area contributed by atoms with Crippen LogP contribution in [0.1, 0.15) is 6.92 Å². The molecule has 226 valence electrons. The summed E-state index contributed by atoms with van der Waals surface area (Å²) < 4.78 is 66.9. The number of fused-ring (bicyclic) bond motifs is 1. The third kappa shape index (κ3) is 6.58. The quantitative estimate of drug-likeness (QED) is 0.103. The fraction of sp³-hybridized carbons (Fsp3) is 0.0741. The Hall–Kier alpha value is -4.74. The van der Waals surface area contributed by atoms with Gasteiger partial charge in [-0.2, -0.15) is 31.8 Å². The Morgan fingerprint density at radius 3 is 2.20 bits per heavy atom. The first-order chi connectivity index (χ1) is 20.8. The molecule has 5 aromatic rings. The maximum atomic E-state index is 12.1. The molecule has 1 heterocycles. The Morgan fingerprint density at radius 1 is 0.841 bits per heavy atom. The summed E-state index contributed by atoms with van der Waals surface area (Å²) in [6, 6.07) is 19.4. The molecule has 0 bridgehead atoms. The number of azo groups is 1. The highest BCUT2D eigenvalue weighted by atomic mass is 35.5. The largest absolute Gasteiger partial charge is 0.505 e. The highest BCUT2D eigenvalue weighted by molar-refractivity contribution is 7.86. The third-order valence-corrected chi connectivity index (χ3v) is 8.12. The number of halogens is 1. The Balaban J connectivity index is 1.63. The molecule has 0 aliphatic carbocycles. The summed E-state index contributed by atoms with van der Waals surface area (Å²) >= 11 is 6.23. The van der Waals surface area contributed by atoms with Crippen LogP contribution in [0.5, 0.6) is 5.75 Å². The molecule has 44 heavy (non-hydrogen) atoms. The number of nitrogens with zero attached hydrogens (tertiary/aromatic N) is 6. The Morgan fingerprint density at radius 2 is 1.52 bits per heavy atom. The molecule has 0 aliphatic heterocycles. The molecule has 0 aliphatic rings. The van der Waals surface area contributed by atoms with Gasteiger partial charge in [-0.3, -0.25) is 9.11 Å². The average Bonchev–Trinajstić information content (AvgIpc) is 2.96. The van der Waals surface area contributed by atoms with Gasteiger partial charge in [-0.05, 0) is 66.4 Å². The second-order valence-corrected chi connectivity index (χ2v) is 12.2. The van der Waals surface area contributed by atoms with Crippen molar-refractivity contribution in [2.45, 2.75) is 16.7 Å². The molecule has 0 saturated heterocycles. The molecule has 0 atom stereocenters. The standard InChI is InChI=1S/C27H22ClN7O7S2/c1-2-35(17-8-4-3-5-9-17)27-31-25(28)30-26(32-27)29-21-15-18(43(37,38)39)14-16-12-13-20(24(36)23(16)21)34-33-19-10-6-7-11-22(19)44(40,41)42/h3-15,36H,2H2,1H3,(H,37,38,39)(H,40,41,42)(H,29,30,31,32). The van der Waals surface area contributed by atoms with Crippen LogP contribution in [-0.2, 0) is 20.2 Å². The maximum absolute atomic E-state index is 12.1. The number of benzene rings is 4. The summed E-state index contributed by atoms with van der Waals surface area (Å²) in [6.45, 7) is 2.34. The van der Waals surface area contributed by atoms with Gasteiger partial charge in [0.25, 0.3) is 20.2 Å². The van der Waals surface area contributed by atoms with Crippen LogP contribution in [0.15, 0.2) is 98.9 Å². The number of hydrogen-bond acceptors (Lipinski definition) is 12. The van der Waals surface area contributed by atoms with Gasteiger partial charge in [0.1, 0.15) is 16.3 Å². The number of phenols is 1. The van der Waals surface area contributed by atoms with Gasteiger partial charge < -0.3 is 15.3 Å². The lowest BCUT2D eigenvalue weighted by molar-refractivity contribution is 0.480. The van der Waals surface area contributed by atoms with Crippen LogP contribution >= 0.6 is 11.6 Å². The number of anilines is 4. The Labute approximate surface area is 256 Å². The SMILES string of the molecule is CCN(c1ccccc1)c1nc(Cl)nc(Nc2cc(S(=O)(=O)O)cc3ccc(N=Nc4ccccc4S(=O)(=O)O)c(O)c23)n1. The van der Waals surface area contributed by atoms with E-state index in [1.807, 2.05) is 37.3 Å². The highest BCUT2D eigenvalue weighted by Gasteiger charge is 2.20. The molecule has 4 N–H and O–H groups in total. The van der Waals surface area contributed by atoms with Crippen molar-refractivity contribution in [2.75, 3.05) is 16.8 Å². The van der Waals surface area contributed by atoms with E-state index in [0.29, 0.717) is 6.54 Å². The fourth-order valence-electron chi connectivity index (χ4n) is 4.29. The van der Waals surface area contributed by atoms with E-state index >= 15 is 0 Å². The van der Waals surface area contributed by atoms with Crippen LogP contribution in [-0.4, -0.2) is 52.5 Å². The molecular weight excluding hydrogens is 634 g/mol. The number of nitrogens with one attached hydrogen (secondary N) is 1. The molecule has 0 fully saturated rings. The summed E-state index contributed by atoms with van der Waals surface area (Å²) in [6.07, 6.45) is 0. The van der Waals surface area contributed by atoms with Crippen molar-refractivity contribution >= 4 is 77.3 Å². The summed E-state index contributed by atoms with van der Waals surface area (Å²) in [7, 11) is -9.31. The van der Waals surface area contributed by atoms with Gasteiger partial charge in [-0.1, -0.05) is 36.4 Å². The number of rotatable bonds is 9. The predicted molar refractivity (Wildman–Crippen MR) is 163 cm³/mol. The zero-order chi connectivity index (χ0) is 31.6. The zero-order valence-corrected chi connectivity index (χ0v) is 25.0. The van der Waals surface area contributed by atoms with Crippen molar-refractivity contribution < 1.29 is 31.0 Å². The van der Waals surface area contributed by atoms with E-state index in [0.717, 1.165) is 23.9 Å². The van der Waals surface area contributed by atoms with E-state index < -0.39 is 35.8 Å². The van der Waals surface area contributed by atoms with E-state index in [-0.39, 0.29) is 45.0 Å². The summed E-state index contributed by atoms with van der Waals surface area (Å²) in [5, 5.41) is 21.9. The molecule has 17 heteroatoms. The van der Waals surface area contributed by atoms with E-state index in [1.54, 1.807) is 4.90 Å². The third-order valence-electron chi connectivity index (χ3n) is 6.22. The molecule has 14 nitrogen and oxygen atoms in total. The highest BCUT2D eigenvalue weighted by Crippen LogP contribution is 2.42. The smallest absolute Gasteiger partial charge is 0.296 e. The lowest BCUT2D eigenvalue weighted by Crippen LogP contribution is -2.19. The number of aromatic hydroxyl groups is 1. The molecule has 4 aromatic carbocycles. The molecule has 0 spiro atoms. The van der Waals surface area contributed by atoms with Gasteiger partial charge >= 0.3 is 0 Å². The maximum Gasteiger partial charge on any atom is 0.296 e. The second kappa shape index (κ2) is 12.1. The van der Waals surface area contributed by atoms with Crippen LogP contribution in [0.2, 0.25) is 5.28 Å². The van der Waals surface area contributed by atoms with Gasteiger partial charge in [0, 0.05) is 17.6 Å². The average molecular weight is 656 g/mol. The Bertz CT molecular complexity index is 2130. The summed E-state index contributed by atoms with van der Waals surface area (Å²) in [5.74, 6) is -0.427.